The number of amides is 1. The predicted molar refractivity (Wildman–Crippen MR) is 127 cm³/mol. The van der Waals surface area contributed by atoms with Crippen LogP contribution in [0.3, 0.4) is 0 Å². The van der Waals surface area contributed by atoms with E-state index in [9.17, 15) is 13.2 Å². The summed E-state index contributed by atoms with van der Waals surface area (Å²) in [6, 6.07) is 15.4. The number of rotatable bonds is 5. The SMILES string of the molecule is COc1cccc(S(=O)(=O)N2CC(C(=O)N3CCOc4c(-c5ccc(C#N)cc5)cncc43)C2)c1. The molecule has 3 heterocycles. The fourth-order valence-corrected chi connectivity index (χ4v) is 5.79. The van der Waals surface area contributed by atoms with Gasteiger partial charge in [0.25, 0.3) is 0 Å². The van der Waals surface area contributed by atoms with Crippen molar-refractivity contribution in [1.82, 2.24) is 9.29 Å². The average Bonchev–Trinajstić information content (AvgIpc) is 2.87. The molecule has 3 aromatic rings. The third kappa shape index (κ3) is 4.09. The summed E-state index contributed by atoms with van der Waals surface area (Å²) in [5.74, 6) is 0.379. The standard InChI is InChI=1S/C25H22N4O5S/c1-33-20-3-2-4-21(11-20)35(31,32)28-15-19(16-28)25(30)29-9-10-34-24-22(13-27-14-23(24)29)18-7-5-17(12-26)6-8-18/h2-8,11,13-14,19H,9-10,15-16H2,1H3. The zero-order valence-electron chi connectivity index (χ0n) is 18.9. The summed E-state index contributed by atoms with van der Waals surface area (Å²) in [4.78, 5) is 19.4. The Morgan fingerprint density at radius 3 is 2.66 bits per heavy atom. The summed E-state index contributed by atoms with van der Waals surface area (Å²) in [5, 5.41) is 9.05. The topological polar surface area (TPSA) is 113 Å². The Hall–Kier alpha value is -3.94. The normalized spacial score (nSPS) is 15.9. The highest BCUT2D eigenvalue weighted by Crippen LogP contribution is 2.41. The summed E-state index contributed by atoms with van der Waals surface area (Å²) in [7, 11) is -2.24. The number of ether oxygens (including phenoxy) is 2. The molecule has 1 fully saturated rings. The summed E-state index contributed by atoms with van der Waals surface area (Å²) in [6.07, 6.45) is 3.25. The number of benzene rings is 2. The van der Waals surface area contributed by atoms with Crippen molar-refractivity contribution >= 4 is 21.6 Å². The van der Waals surface area contributed by atoms with Crippen LogP contribution in [0.1, 0.15) is 5.56 Å². The fourth-order valence-electron chi connectivity index (χ4n) is 4.22. The van der Waals surface area contributed by atoms with Gasteiger partial charge in [0, 0.05) is 30.9 Å². The van der Waals surface area contributed by atoms with Crippen molar-refractivity contribution in [3.8, 4) is 28.7 Å². The Balaban J connectivity index is 1.35. The van der Waals surface area contributed by atoms with Crippen LogP contribution in [0.5, 0.6) is 11.5 Å². The molecule has 5 rings (SSSR count). The van der Waals surface area contributed by atoms with Crippen LogP contribution in [-0.4, -0.2) is 57.0 Å². The third-order valence-electron chi connectivity index (χ3n) is 6.20. The van der Waals surface area contributed by atoms with E-state index in [0.29, 0.717) is 35.9 Å². The second kappa shape index (κ2) is 9.02. The number of nitrogens with zero attached hydrogens (tertiary/aromatic N) is 4. The highest BCUT2D eigenvalue weighted by molar-refractivity contribution is 7.89. The molecule has 0 spiro atoms. The van der Waals surface area contributed by atoms with Gasteiger partial charge in [-0.05, 0) is 29.8 Å². The van der Waals surface area contributed by atoms with Gasteiger partial charge in [0.2, 0.25) is 15.9 Å². The maximum absolute atomic E-state index is 13.3. The molecule has 10 heteroatoms. The molecule has 1 amide bonds. The maximum Gasteiger partial charge on any atom is 0.243 e. The van der Waals surface area contributed by atoms with Crippen LogP contribution < -0.4 is 14.4 Å². The van der Waals surface area contributed by atoms with Gasteiger partial charge in [0.05, 0.1) is 42.3 Å². The molecule has 0 N–H and O–H groups in total. The Morgan fingerprint density at radius 2 is 1.94 bits per heavy atom. The van der Waals surface area contributed by atoms with E-state index >= 15 is 0 Å². The van der Waals surface area contributed by atoms with Crippen molar-refractivity contribution < 1.29 is 22.7 Å². The van der Waals surface area contributed by atoms with Crippen molar-refractivity contribution in [2.75, 3.05) is 38.3 Å². The first-order chi connectivity index (χ1) is 16.9. The van der Waals surface area contributed by atoms with Crippen LogP contribution in [-0.2, 0) is 14.8 Å². The average molecular weight is 491 g/mol. The van der Waals surface area contributed by atoms with Crippen LogP contribution >= 0.6 is 0 Å². The first kappa shape index (κ1) is 22.8. The van der Waals surface area contributed by atoms with Crippen LogP contribution in [0, 0.1) is 17.2 Å². The predicted octanol–water partition coefficient (Wildman–Crippen LogP) is 2.67. The van der Waals surface area contributed by atoms with Gasteiger partial charge < -0.3 is 14.4 Å². The first-order valence-electron chi connectivity index (χ1n) is 11.0. The number of aromatic nitrogens is 1. The van der Waals surface area contributed by atoms with Crippen LogP contribution in [0.15, 0.2) is 65.8 Å². The molecule has 178 valence electrons. The molecule has 0 bridgehead atoms. The number of nitriles is 1. The number of sulfonamides is 1. The molecule has 2 aliphatic rings. The van der Waals surface area contributed by atoms with Crippen LogP contribution in [0.4, 0.5) is 5.69 Å². The number of fused-ring (bicyclic) bond motifs is 1. The lowest BCUT2D eigenvalue weighted by molar-refractivity contribution is -0.125. The van der Waals surface area contributed by atoms with Crippen molar-refractivity contribution in [2.45, 2.75) is 4.90 Å². The quantitative estimate of drug-likeness (QED) is 0.540. The van der Waals surface area contributed by atoms with Crippen LogP contribution in [0.25, 0.3) is 11.1 Å². The lowest BCUT2D eigenvalue weighted by Crippen LogP contribution is -2.57. The van der Waals surface area contributed by atoms with Gasteiger partial charge in [-0.2, -0.15) is 9.57 Å². The van der Waals surface area contributed by atoms with Gasteiger partial charge >= 0.3 is 0 Å². The number of anilines is 1. The molecule has 0 saturated carbocycles. The van der Waals surface area contributed by atoms with Crippen molar-refractivity contribution in [2.24, 2.45) is 5.92 Å². The smallest absolute Gasteiger partial charge is 0.243 e. The van der Waals surface area contributed by atoms with E-state index < -0.39 is 15.9 Å². The van der Waals surface area contributed by atoms with E-state index in [-0.39, 0.29) is 23.9 Å². The number of hydrogen-bond donors (Lipinski definition) is 0. The summed E-state index contributed by atoms with van der Waals surface area (Å²) >= 11 is 0. The fraction of sp³-hybridized carbons (Fsp3) is 0.240. The monoisotopic (exact) mass is 490 g/mol. The maximum atomic E-state index is 13.3. The molecular weight excluding hydrogens is 468 g/mol. The van der Waals surface area contributed by atoms with E-state index in [1.807, 2.05) is 12.1 Å². The molecule has 0 radical (unpaired) electrons. The van der Waals surface area contributed by atoms with E-state index in [2.05, 4.69) is 11.1 Å². The molecule has 0 unspecified atom stereocenters. The number of carbonyl (C=O) groups is 1. The zero-order chi connectivity index (χ0) is 24.6. The minimum Gasteiger partial charge on any atom is -0.497 e. The second-order valence-corrected chi connectivity index (χ2v) is 10.2. The summed E-state index contributed by atoms with van der Waals surface area (Å²) < 4.78 is 38.3. The third-order valence-corrected chi connectivity index (χ3v) is 8.02. The molecule has 1 saturated heterocycles. The lowest BCUT2D eigenvalue weighted by atomic mass is 10.00. The molecule has 2 aliphatic heterocycles. The molecule has 9 nitrogen and oxygen atoms in total. The minimum atomic E-state index is -3.72. The molecule has 0 atom stereocenters. The van der Waals surface area contributed by atoms with Gasteiger partial charge in [0.1, 0.15) is 18.0 Å². The Bertz CT molecular complexity index is 1430. The van der Waals surface area contributed by atoms with E-state index in [0.717, 1.165) is 11.1 Å². The summed E-state index contributed by atoms with van der Waals surface area (Å²) in [5.41, 5.74) is 2.64. The highest BCUT2D eigenvalue weighted by Gasteiger charge is 2.43. The van der Waals surface area contributed by atoms with Gasteiger partial charge in [-0.25, -0.2) is 8.42 Å². The Labute approximate surface area is 203 Å². The zero-order valence-corrected chi connectivity index (χ0v) is 19.7. The van der Waals surface area contributed by atoms with Crippen molar-refractivity contribution in [3.05, 3.63) is 66.5 Å². The molecular formula is C25H22N4O5S. The second-order valence-electron chi connectivity index (χ2n) is 8.26. The largest absolute Gasteiger partial charge is 0.497 e. The first-order valence-corrected chi connectivity index (χ1v) is 12.4. The summed E-state index contributed by atoms with van der Waals surface area (Å²) in [6.45, 7) is 0.871. The number of methoxy groups -OCH3 is 1. The van der Waals surface area contributed by atoms with E-state index in [4.69, 9.17) is 14.7 Å². The number of hydrogen-bond acceptors (Lipinski definition) is 7. The Morgan fingerprint density at radius 1 is 1.17 bits per heavy atom. The van der Waals surface area contributed by atoms with E-state index in [1.165, 1.54) is 23.5 Å². The molecule has 35 heavy (non-hydrogen) atoms. The van der Waals surface area contributed by atoms with Crippen LogP contribution in [0.2, 0.25) is 0 Å². The number of pyridine rings is 1. The minimum absolute atomic E-state index is 0.105. The van der Waals surface area contributed by atoms with Gasteiger partial charge in [-0.3, -0.25) is 9.78 Å². The number of carbonyl (C=O) groups excluding carboxylic acids is 1. The van der Waals surface area contributed by atoms with Gasteiger partial charge in [-0.15, -0.1) is 0 Å². The molecule has 0 aliphatic carbocycles. The van der Waals surface area contributed by atoms with Crippen molar-refractivity contribution in [1.29, 1.82) is 5.26 Å². The Kier molecular flexibility index (Phi) is 5.88. The molecule has 2 aromatic carbocycles. The van der Waals surface area contributed by atoms with E-state index in [1.54, 1.807) is 41.6 Å². The highest BCUT2D eigenvalue weighted by atomic mass is 32.2. The van der Waals surface area contributed by atoms with Gasteiger partial charge in [-0.1, -0.05) is 18.2 Å². The van der Waals surface area contributed by atoms with Crippen molar-refractivity contribution in [3.63, 3.8) is 0 Å². The molecule has 1 aromatic heterocycles. The van der Waals surface area contributed by atoms with Gasteiger partial charge in [0.15, 0.2) is 5.75 Å². The lowest BCUT2D eigenvalue weighted by Gasteiger charge is -2.40.